The number of nitrogens with one attached hydrogen (secondary N) is 1. The third-order valence-corrected chi connectivity index (χ3v) is 3.76. The zero-order valence-electron chi connectivity index (χ0n) is 9.96. The molecule has 2 atom stereocenters. The van der Waals surface area contributed by atoms with Gasteiger partial charge in [0.25, 0.3) is 0 Å². The highest BCUT2D eigenvalue weighted by Crippen LogP contribution is 2.32. The van der Waals surface area contributed by atoms with E-state index in [0.717, 1.165) is 34.2 Å². The van der Waals surface area contributed by atoms with Crippen LogP contribution in [0.5, 0.6) is 0 Å². The Morgan fingerprint density at radius 3 is 2.94 bits per heavy atom. The number of ether oxygens (including phenoxy) is 1. The number of aromatic nitrogens is 2. The highest BCUT2D eigenvalue weighted by Gasteiger charge is 2.26. The van der Waals surface area contributed by atoms with Crippen LogP contribution in [0.3, 0.4) is 0 Å². The number of imidazole rings is 1. The molecule has 4 heteroatoms. The molecule has 1 aromatic heterocycles. The molecular formula is C13H15BrN2O. The van der Waals surface area contributed by atoms with E-state index in [1.807, 2.05) is 0 Å². The molecule has 2 aromatic rings. The van der Waals surface area contributed by atoms with Crippen molar-refractivity contribution in [3.63, 3.8) is 0 Å². The number of hydrogen-bond donors (Lipinski definition) is 1. The van der Waals surface area contributed by atoms with Gasteiger partial charge in [0.2, 0.25) is 0 Å². The van der Waals surface area contributed by atoms with Gasteiger partial charge in [0.05, 0.1) is 17.1 Å². The summed E-state index contributed by atoms with van der Waals surface area (Å²) in [6.45, 7) is 4.19. The summed E-state index contributed by atoms with van der Waals surface area (Å²) in [6.07, 6.45) is 2.66. The van der Waals surface area contributed by atoms with Crippen LogP contribution >= 0.6 is 15.9 Å². The number of benzene rings is 1. The molecule has 1 fully saturated rings. The van der Waals surface area contributed by atoms with Gasteiger partial charge in [0.1, 0.15) is 11.9 Å². The molecule has 1 aliphatic heterocycles. The minimum absolute atomic E-state index is 0.135. The van der Waals surface area contributed by atoms with E-state index in [4.69, 9.17) is 4.74 Å². The highest BCUT2D eigenvalue weighted by molar-refractivity contribution is 9.10. The Hall–Kier alpha value is -0.870. The normalized spacial score (nSPS) is 24.6. The van der Waals surface area contributed by atoms with Crippen LogP contribution in [0.4, 0.5) is 0 Å². The molecule has 3 rings (SSSR count). The molecule has 2 heterocycles. The third-order valence-electron chi connectivity index (χ3n) is 3.30. The van der Waals surface area contributed by atoms with E-state index in [-0.39, 0.29) is 6.10 Å². The van der Waals surface area contributed by atoms with Crippen molar-refractivity contribution in [3.8, 4) is 0 Å². The van der Waals surface area contributed by atoms with Gasteiger partial charge in [-0.25, -0.2) is 4.98 Å². The Labute approximate surface area is 109 Å². The Bertz CT molecular complexity index is 564. The summed E-state index contributed by atoms with van der Waals surface area (Å²) in [7, 11) is 0. The first-order valence-electron chi connectivity index (χ1n) is 5.94. The molecule has 0 saturated carbocycles. The first-order chi connectivity index (χ1) is 8.13. The van der Waals surface area contributed by atoms with Crippen LogP contribution < -0.4 is 0 Å². The smallest absolute Gasteiger partial charge is 0.136 e. The minimum Gasteiger partial charge on any atom is -0.367 e. The van der Waals surface area contributed by atoms with Crippen LogP contribution in [-0.2, 0) is 4.74 Å². The van der Waals surface area contributed by atoms with E-state index in [1.165, 1.54) is 5.56 Å². The fourth-order valence-electron chi connectivity index (χ4n) is 2.42. The maximum Gasteiger partial charge on any atom is 0.136 e. The molecule has 0 radical (unpaired) electrons. The molecule has 2 unspecified atom stereocenters. The second-order valence-electron chi connectivity index (χ2n) is 4.75. The number of fused-ring (bicyclic) bond motifs is 1. The summed E-state index contributed by atoms with van der Waals surface area (Å²) < 4.78 is 6.92. The summed E-state index contributed by atoms with van der Waals surface area (Å²) in [5, 5.41) is 0. The quantitative estimate of drug-likeness (QED) is 0.867. The first-order valence-corrected chi connectivity index (χ1v) is 6.74. The van der Waals surface area contributed by atoms with Crippen molar-refractivity contribution in [3.05, 3.63) is 28.0 Å². The molecule has 0 spiro atoms. The molecule has 3 nitrogen and oxygen atoms in total. The van der Waals surface area contributed by atoms with Gasteiger partial charge in [-0.15, -0.1) is 0 Å². The van der Waals surface area contributed by atoms with Crippen molar-refractivity contribution in [1.29, 1.82) is 0 Å². The molecule has 1 aromatic carbocycles. The second kappa shape index (κ2) is 4.10. The summed E-state index contributed by atoms with van der Waals surface area (Å²) in [5.41, 5.74) is 3.31. The predicted molar refractivity (Wildman–Crippen MR) is 71.1 cm³/mol. The second-order valence-corrected chi connectivity index (χ2v) is 5.67. The van der Waals surface area contributed by atoms with E-state index >= 15 is 0 Å². The Balaban J connectivity index is 2.04. The number of H-pyrrole nitrogens is 1. The molecular weight excluding hydrogens is 280 g/mol. The summed E-state index contributed by atoms with van der Waals surface area (Å²) in [5.74, 6) is 0.963. The van der Waals surface area contributed by atoms with Crippen LogP contribution in [0.1, 0.15) is 37.3 Å². The predicted octanol–water partition coefficient (Wildman–Crippen LogP) is 3.87. The SMILES string of the molecule is Cc1cc(Br)cc2[nH]c(C3CCC(C)O3)nc12. The number of hydrogen-bond acceptors (Lipinski definition) is 2. The summed E-state index contributed by atoms with van der Waals surface area (Å²) in [4.78, 5) is 8.04. The van der Waals surface area contributed by atoms with E-state index in [1.54, 1.807) is 0 Å². The average molecular weight is 295 g/mol. The van der Waals surface area contributed by atoms with Crippen molar-refractivity contribution in [2.24, 2.45) is 0 Å². The number of rotatable bonds is 1. The van der Waals surface area contributed by atoms with Gasteiger partial charge in [-0.2, -0.15) is 0 Å². The molecule has 0 bridgehead atoms. The van der Waals surface area contributed by atoms with Crippen molar-refractivity contribution >= 4 is 27.0 Å². The lowest BCUT2D eigenvalue weighted by Crippen LogP contribution is -2.02. The average Bonchev–Trinajstić information content (AvgIpc) is 2.83. The third kappa shape index (κ3) is 2.00. The molecule has 0 amide bonds. The summed E-state index contributed by atoms with van der Waals surface area (Å²) in [6, 6.07) is 4.16. The minimum atomic E-state index is 0.135. The molecule has 1 saturated heterocycles. The Kier molecular flexibility index (Phi) is 2.71. The van der Waals surface area contributed by atoms with E-state index in [2.05, 4.69) is 51.9 Å². The van der Waals surface area contributed by atoms with Crippen LogP contribution in [0.25, 0.3) is 11.0 Å². The highest BCUT2D eigenvalue weighted by atomic mass is 79.9. The fourth-order valence-corrected chi connectivity index (χ4v) is 2.99. The number of nitrogens with zero attached hydrogens (tertiary/aromatic N) is 1. The largest absolute Gasteiger partial charge is 0.367 e. The molecule has 0 aliphatic carbocycles. The maximum atomic E-state index is 5.84. The fraction of sp³-hybridized carbons (Fsp3) is 0.462. The van der Waals surface area contributed by atoms with Gasteiger partial charge < -0.3 is 9.72 Å². The first kappa shape index (κ1) is 11.2. The van der Waals surface area contributed by atoms with Crippen molar-refractivity contribution in [2.75, 3.05) is 0 Å². The van der Waals surface area contributed by atoms with E-state index in [0.29, 0.717) is 6.10 Å². The van der Waals surface area contributed by atoms with Gasteiger partial charge in [0, 0.05) is 4.47 Å². The van der Waals surface area contributed by atoms with Crippen LogP contribution in [-0.4, -0.2) is 16.1 Å². The molecule has 1 N–H and O–H groups in total. The zero-order valence-corrected chi connectivity index (χ0v) is 11.5. The van der Waals surface area contributed by atoms with Crippen LogP contribution in [0.15, 0.2) is 16.6 Å². The topological polar surface area (TPSA) is 37.9 Å². The van der Waals surface area contributed by atoms with Gasteiger partial charge >= 0.3 is 0 Å². The lowest BCUT2D eigenvalue weighted by atomic mass is 10.2. The van der Waals surface area contributed by atoms with Crippen molar-refractivity contribution in [2.45, 2.75) is 38.9 Å². The van der Waals surface area contributed by atoms with E-state index < -0.39 is 0 Å². The Morgan fingerprint density at radius 1 is 1.41 bits per heavy atom. The lowest BCUT2D eigenvalue weighted by molar-refractivity contribution is 0.0510. The molecule has 1 aliphatic rings. The zero-order chi connectivity index (χ0) is 12.0. The van der Waals surface area contributed by atoms with Crippen molar-refractivity contribution < 1.29 is 4.74 Å². The maximum absolute atomic E-state index is 5.84. The molecule has 17 heavy (non-hydrogen) atoms. The van der Waals surface area contributed by atoms with Gasteiger partial charge in [0.15, 0.2) is 0 Å². The van der Waals surface area contributed by atoms with Gasteiger partial charge in [-0.1, -0.05) is 15.9 Å². The number of aromatic amines is 1. The number of halogens is 1. The standard InChI is InChI=1S/C13H15BrN2O/c1-7-5-9(14)6-10-12(7)16-13(15-10)11-4-3-8(2)17-11/h5-6,8,11H,3-4H2,1-2H3,(H,15,16). The summed E-state index contributed by atoms with van der Waals surface area (Å²) >= 11 is 3.51. The molecule has 90 valence electrons. The van der Waals surface area contributed by atoms with E-state index in [9.17, 15) is 0 Å². The Morgan fingerprint density at radius 2 is 2.24 bits per heavy atom. The lowest BCUT2D eigenvalue weighted by Gasteiger charge is -2.06. The van der Waals surface area contributed by atoms with Crippen LogP contribution in [0, 0.1) is 6.92 Å². The monoisotopic (exact) mass is 294 g/mol. The number of aryl methyl sites for hydroxylation is 1. The van der Waals surface area contributed by atoms with Gasteiger partial charge in [-0.05, 0) is 44.4 Å². The van der Waals surface area contributed by atoms with Crippen LogP contribution in [0.2, 0.25) is 0 Å². The van der Waals surface area contributed by atoms with Gasteiger partial charge in [-0.3, -0.25) is 0 Å². The van der Waals surface area contributed by atoms with Crippen molar-refractivity contribution in [1.82, 2.24) is 9.97 Å².